The second kappa shape index (κ2) is 4.96. The van der Waals surface area contributed by atoms with E-state index in [0.717, 1.165) is 31.7 Å². The summed E-state index contributed by atoms with van der Waals surface area (Å²) in [4.78, 5) is 4.54. The van der Waals surface area contributed by atoms with Crippen molar-refractivity contribution in [1.29, 1.82) is 0 Å². The van der Waals surface area contributed by atoms with Crippen LogP contribution in [-0.2, 0) is 7.05 Å². The lowest BCUT2D eigenvalue weighted by Crippen LogP contribution is -1.88. The maximum atomic E-state index is 9.51. The third-order valence-corrected chi connectivity index (χ3v) is 4.56. The first-order chi connectivity index (χ1) is 10.7. The zero-order valence-electron chi connectivity index (χ0n) is 11.9. The molecule has 0 amide bonds. The van der Waals surface area contributed by atoms with Crippen LogP contribution in [0.5, 0.6) is 5.75 Å². The maximum Gasteiger partial charge on any atom is 0.117 e. The molecule has 22 heavy (non-hydrogen) atoms. The molecular weight excluding hydrogens is 294 g/mol. The smallest absolute Gasteiger partial charge is 0.117 e. The van der Waals surface area contributed by atoms with Gasteiger partial charge in [-0.15, -0.1) is 11.3 Å². The van der Waals surface area contributed by atoms with E-state index in [1.807, 2.05) is 36.1 Å². The quantitative estimate of drug-likeness (QED) is 0.607. The van der Waals surface area contributed by atoms with Crippen LogP contribution in [0, 0.1) is 0 Å². The minimum atomic E-state index is 0.272. The Morgan fingerprint density at radius 1 is 1.14 bits per heavy atom. The number of aromatic hydroxyl groups is 1. The molecule has 0 spiro atoms. The molecule has 0 saturated heterocycles. The molecule has 4 nitrogen and oxygen atoms in total. The van der Waals surface area contributed by atoms with Crippen LogP contribution in [0.2, 0.25) is 0 Å². The highest BCUT2D eigenvalue weighted by Gasteiger charge is 2.03. The molecule has 0 aliphatic heterocycles. The van der Waals surface area contributed by atoms with E-state index in [4.69, 9.17) is 0 Å². The van der Waals surface area contributed by atoms with Crippen LogP contribution in [0.3, 0.4) is 0 Å². The van der Waals surface area contributed by atoms with Crippen LogP contribution < -0.4 is 0 Å². The number of nitrogens with zero attached hydrogens (tertiary/aromatic N) is 3. The molecule has 2 aromatic heterocycles. The van der Waals surface area contributed by atoms with Gasteiger partial charge < -0.3 is 5.11 Å². The molecule has 2 aromatic carbocycles. The SMILES string of the molecule is Cn1ncc2ccc(/C=C/c3nc4ccc(O)cc4s3)cc21. The second-order valence-electron chi connectivity index (χ2n) is 5.12. The van der Waals surface area contributed by atoms with Crippen molar-refractivity contribution in [1.82, 2.24) is 14.8 Å². The number of aromatic nitrogens is 3. The summed E-state index contributed by atoms with van der Waals surface area (Å²) in [5.74, 6) is 0.272. The number of phenolic OH excluding ortho intramolecular Hbond substituents is 1. The average molecular weight is 307 g/mol. The Morgan fingerprint density at radius 2 is 2.05 bits per heavy atom. The highest BCUT2D eigenvalue weighted by atomic mass is 32.1. The number of rotatable bonds is 2. The number of fused-ring (bicyclic) bond motifs is 2. The highest BCUT2D eigenvalue weighted by Crippen LogP contribution is 2.27. The summed E-state index contributed by atoms with van der Waals surface area (Å²) in [6.07, 6.45) is 5.91. The Balaban J connectivity index is 1.70. The summed E-state index contributed by atoms with van der Waals surface area (Å²) in [7, 11) is 1.94. The zero-order chi connectivity index (χ0) is 15.1. The van der Waals surface area contributed by atoms with Gasteiger partial charge in [0.05, 0.1) is 21.9 Å². The molecule has 0 unspecified atom stereocenters. The van der Waals surface area contributed by atoms with Crippen molar-refractivity contribution in [2.45, 2.75) is 0 Å². The van der Waals surface area contributed by atoms with Crippen molar-refractivity contribution in [3.63, 3.8) is 0 Å². The number of hydrogen-bond acceptors (Lipinski definition) is 4. The van der Waals surface area contributed by atoms with E-state index in [-0.39, 0.29) is 5.75 Å². The molecule has 0 atom stereocenters. The lowest BCUT2D eigenvalue weighted by atomic mass is 10.1. The first-order valence-corrected chi connectivity index (χ1v) is 7.70. The fourth-order valence-corrected chi connectivity index (χ4v) is 3.34. The minimum Gasteiger partial charge on any atom is -0.508 e. The summed E-state index contributed by atoms with van der Waals surface area (Å²) in [5, 5.41) is 15.8. The standard InChI is InChI=1S/C17H13N3OS/c1-20-15-8-11(2-4-12(15)10-18-20)3-7-17-19-14-6-5-13(21)9-16(14)22-17/h2-10,21H,1H3/b7-3+. The van der Waals surface area contributed by atoms with Crippen molar-refractivity contribution in [2.75, 3.05) is 0 Å². The Hall–Kier alpha value is -2.66. The largest absolute Gasteiger partial charge is 0.508 e. The molecule has 4 rings (SSSR count). The van der Waals surface area contributed by atoms with E-state index < -0.39 is 0 Å². The number of hydrogen-bond donors (Lipinski definition) is 1. The number of aryl methyl sites for hydroxylation is 1. The van der Waals surface area contributed by atoms with Gasteiger partial charge in [-0.1, -0.05) is 18.2 Å². The third kappa shape index (κ3) is 2.25. The Kier molecular flexibility index (Phi) is 2.94. The molecule has 5 heteroatoms. The van der Waals surface area contributed by atoms with Gasteiger partial charge in [-0.25, -0.2) is 4.98 Å². The second-order valence-corrected chi connectivity index (χ2v) is 6.19. The molecule has 1 N–H and O–H groups in total. The summed E-state index contributed by atoms with van der Waals surface area (Å²) in [6.45, 7) is 0. The van der Waals surface area contributed by atoms with E-state index in [1.54, 1.807) is 23.5 Å². The van der Waals surface area contributed by atoms with E-state index in [1.165, 1.54) is 0 Å². The van der Waals surface area contributed by atoms with Crippen LogP contribution in [-0.4, -0.2) is 19.9 Å². The van der Waals surface area contributed by atoms with Gasteiger partial charge in [0.15, 0.2) is 0 Å². The molecule has 0 bridgehead atoms. The molecule has 0 aliphatic rings. The van der Waals surface area contributed by atoms with Crippen LogP contribution >= 0.6 is 11.3 Å². The van der Waals surface area contributed by atoms with Crippen LogP contribution in [0.25, 0.3) is 33.3 Å². The first-order valence-electron chi connectivity index (χ1n) is 6.88. The van der Waals surface area contributed by atoms with Gasteiger partial charge in [-0.3, -0.25) is 4.68 Å². The Bertz CT molecular complexity index is 1010. The fraction of sp³-hybridized carbons (Fsp3) is 0.0588. The van der Waals surface area contributed by atoms with E-state index in [2.05, 4.69) is 28.3 Å². The number of benzene rings is 2. The van der Waals surface area contributed by atoms with Gasteiger partial charge in [-0.05, 0) is 35.9 Å². The van der Waals surface area contributed by atoms with Gasteiger partial charge >= 0.3 is 0 Å². The Labute approximate surface area is 131 Å². The van der Waals surface area contributed by atoms with E-state index in [9.17, 15) is 5.11 Å². The van der Waals surface area contributed by atoms with Gasteiger partial charge in [0.25, 0.3) is 0 Å². The summed E-state index contributed by atoms with van der Waals surface area (Å²) in [6, 6.07) is 11.5. The lowest BCUT2D eigenvalue weighted by Gasteiger charge is -1.96. The molecule has 108 valence electrons. The lowest BCUT2D eigenvalue weighted by molar-refractivity contribution is 0.476. The van der Waals surface area contributed by atoms with Gasteiger partial charge in [0.2, 0.25) is 0 Å². The minimum absolute atomic E-state index is 0.272. The molecule has 2 heterocycles. The maximum absolute atomic E-state index is 9.51. The van der Waals surface area contributed by atoms with Crippen LogP contribution in [0.15, 0.2) is 42.6 Å². The molecular formula is C17H13N3OS. The first kappa shape index (κ1) is 13.0. The van der Waals surface area contributed by atoms with Crippen molar-refractivity contribution >= 4 is 44.6 Å². The average Bonchev–Trinajstić information content (AvgIpc) is 3.08. The zero-order valence-corrected chi connectivity index (χ0v) is 12.7. The predicted octanol–water partition coefficient (Wildman–Crippen LogP) is 4.06. The third-order valence-electron chi connectivity index (χ3n) is 3.58. The van der Waals surface area contributed by atoms with Crippen molar-refractivity contribution in [3.05, 3.63) is 53.2 Å². The van der Waals surface area contributed by atoms with E-state index >= 15 is 0 Å². The molecule has 0 radical (unpaired) electrons. The molecule has 0 saturated carbocycles. The van der Waals surface area contributed by atoms with Crippen LogP contribution in [0.4, 0.5) is 0 Å². The predicted molar refractivity (Wildman–Crippen MR) is 90.9 cm³/mol. The highest BCUT2D eigenvalue weighted by molar-refractivity contribution is 7.19. The van der Waals surface area contributed by atoms with Gasteiger partial charge in [-0.2, -0.15) is 5.10 Å². The summed E-state index contributed by atoms with van der Waals surface area (Å²) < 4.78 is 2.86. The van der Waals surface area contributed by atoms with Crippen molar-refractivity contribution in [2.24, 2.45) is 7.05 Å². The molecule has 4 aromatic rings. The number of thiazole rings is 1. The summed E-state index contributed by atoms with van der Waals surface area (Å²) in [5.41, 5.74) is 3.12. The molecule has 0 fully saturated rings. The van der Waals surface area contributed by atoms with Gasteiger partial charge in [0, 0.05) is 12.4 Å². The number of phenols is 1. The monoisotopic (exact) mass is 307 g/mol. The molecule has 0 aliphatic carbocycles. The van der Waals surface area contributed by atoms with Crippen molar-refractivity contribution in [3.8, 4) is 5.75 Å². The Morgan fingerprint density at radius 3 is 2.95 bits per heavy atom. The van der Waals surface area contributed by atoms with E-state index in [0.29, 0.717) is 0 Å². The fourth-order valence-electron chi connectivity index (χ4n) is 2.43. The van der Waals surface area contributed by atoms with Gasteiger partial charge in [0.1, 0.15) is 10.8 Å². The topological polar surface area (TPSA) is 50.9 Å². The summed E-state index contributed by atoms with van der Waals surface area (Å²) >= 11 is 1.56. The van der Waals surface area contributed by atoms with Crippen LogP contribution in [0.1, 0.15) is 10.6 Å². The van der Waals surface area contributed by atoms with Crippen molar-refractivity contribution < 1.29 is 5.11 Å². The normalized spacial score (nSPS) is 11.9.